The summed E-state index contributed by atoms with van der Waals surface area (Å²) in [6.45, 7) is 4.00. The minimum atomic E-state index is -0.618. The van der Waals surface area contributed by atoms with Gasteiger partial charge in [0.1, 0.15) is 0 Å². The maximum atomic E-state index is 13.5. The van der Waals surface area contributed by atoms with Crippen LogP contribution in [0.15, 0.2) is 65.0 Å². The lowest BCUT2D eigenvalue weighted by molar-refractivity contribution is -0.136. The van der Waals surface area contributed by atoms with Gasteiger partial charge in [-0.15, -0.1) is 0 Å². The minimum Gasteiger partial charge on any atom is -0.504 e. The number of halogens is 1. The molecule has 0 spiro atoms. The average Bonchev–Trinajstić information content (AvgIpc) is 2.79. The Kier molecular flexibility index (Phi) is 6.47. The van der Waals surface area contributed by atoms with E-state index in [1.165, 1.54) is 13.2 Å². The van der Waals surface area contributed by atoms with Gasteiger partial charge in [0.15, 0.2) is 17.3 Å². The number of hydrogen-bond acceptors (Lipinski definition) is 6. The molecule has 0 unspecified atom stereocenters. The summed E-state index contributed by atoms with van der Waals surface area (Å²) in [6.07, 6.45) is 0.948. The zero-order valence-corrected chi connectivity index (χ0v) is 19.5. The highest BCUT2D eigenvalue weighted by molar-refractivity contribution is 6.30. The van der Waals surface area contributed by atoms with Crippen LogP contribution in [0.3, 0.4) is 0 Å². The fourth-order valence-corrected chi connectivity index (χ4v) is 4.83. The lowest BCUT2D eigenvalue weighted by Crippen LogP contribution is -2.36. The van der Waals surface area contributed by atoms with Gasteiger partial charge in [-0.05, 0) is 61.6 Å². The van der Waals surface area contributed by atoms with Crippen LogP contribution in [0.25, 0.3) is 0 Å². The van der Waals surface area contributed by atoms with Crippen LogP contribution in [0.4, 0.5) is 0 Å². The Morgan fingerprint density at radius 3 is 2.52 bits per heavy atom. The van der Waals surface area contributed by atoms with Gasteiger partial charge < -0.3 is 19.9 Å². The molecule has 0 aromatic heterocycles. The number of ether oxygens (including phenoxy) is 2. The quantitative estimate of drug-likeness (QED) is 0.603. The molecule has 2 N–H and O–H groups in total. The molecular formula is C26H26ClNO5. The van der Waals surface area contributed by atoms with Crippen LogP contribution in [-0.2, 0) is 14.3 Å². The molecule has 33 heavy (non-hydrogen) atoms. The van der Waals surface area contributed by atoms with Gasteiger partial charge in [0.05, 0.1) is 19.3 Å². The predicted molar refractivity (Wildman–Crippen MR) is 125 cm³/mol. The number of Topliss-reactive ketones (excluding diaryl/α,β-unsaturated/α-hetero) is 1. The molecule has 1 aliphatic heterocycles. The maximum Gasteiger partial charge on any atom is 0.336 e. The van der Waals surface area contributed by atoms with Crippen LogP contribution in [0, 0.1) is 0 Å². The summed E-state index contributed by atoms with van der Waals surface area (Å²) < 4.78 is 10.6. The monoisotopic (exact) mass is 467 g/mol. The molecule has 0 saturated carbocycles. The molecule has 2 aliphatic rings. The smallest absolute Gasteiger partial charge is 0.336 e. The summed E-state index contributed by atoms with van der Waals surface area (Å²) >= 11 is 6.04. The van der Waals surface area contributed by atoms with Gasteiger partial charge in [-0.25, -0.2) is 4.79 Å². The molecule has 4 rings (SSSR count). The van der Waals surface area contributed by atoms with Crippen LogP contribution < -0.4 is 10.1 Å². The van der Waals surface area contributed by atoms with Gasteiger partial charge in [0.25, 0.3) is 0 Å². The van der Waals surface area contributed by atoms with Gasteiger partial charge >= 0.3 is 5.97 Å². The number of dihydropyridines is 1. The Morgan fingerprint density at radius 2 is 1.85 bits per heavy atom. The summed E-state index contributed by atoms with van der Waals surface area (Å²) in [5.74, 6) is -0.842. The first-order chi connectivity index (χ1) is 15.8. The molecule has 0 bridgehead atoms. The number of ketones is 1. The van der Waals surface area contributed by atoms with E-state index in [1.807, 2.05) is 38.1 Å². The Morgan fingerprint density at radius 1 is 1.15 bits per heavy atom. The Hall–Kier alpha value is -3.25. The first kappa shape index (κ1) is 22.9. The molecular weight excluding hydrogens is 442 g/mol. The van der Waals surface area contributed by atoms with Crippen molar-refractivity contribution < 1.29 is 24.2 Å². The number of carbonyl (C=O) groups is 2. The minimum absolute atomic E-state index is 0.00169. The number of hydrogen-bond donors (Lipinski definition) is 2. The third-order valence-corrected chi connectivity index (χ3v) is 6.44. The molecule has 2 atom stereocenters. The SMILES string of the molecule is CCOc1cc([C@H]2C(C(=O)OC)=C(C)NC3=C2C(=O)C[C@@H](c2ccc(Cl)cc2)C3)ccc1O. The number of carbonyl (C=O) groups excluding carboxylic acids is 2. The highest BCUT2D eigenvalue weighted by atomic mass is 35.5. The molecule has 6 nitrogen and oxygen atoms in total. The van der Waals surface area contributed by atoms with Crippen molar-refractivity contribution in [1.82, 2.24) is 5.32 Å². The van der Waals surface area contributed by atoms with E-state index < -0.39 is 11.9 Å². The van der Waals surface area contributed by atoms with E-state index in [4.69, 9.17) is 21.1 Å². The van der Waals surface area contributed by atoms with Crippen molar-refractivity contribution in [1.29, 1.82) is 0 Å². The molecule has 2 aromatic rings. The van der Waals surface area contributed by atoms with Crippen molar-refractivity contribution in [3.05, 3.63) is 81.2 Å². The maximum absolute atomic E-state index is 13.5. The van der Waals surface area contributed by atoms with Gasteiger partial charge in [0.2, 0.25) is 0 Å². The molecule has 0 saturated heterocycles. The van der Waals surface area contributed by atoms with Crippen LogP contribution >= 0.6 is 11.6 Å². The van der Waals surface area contributed by atoms with Crippen molar-refractivity contribution in [2.24, 2.45) is 0 Å². The normalized spacial score (nSPS) is 20.3. The van der Waals surface area contributed by atoms with Gasteiger partial charge in [0, 0.05) is 34.3 Å². The van der Waals surface area contributed by atoms with E-state index in [-0.39, 0.29) is 17.5 Å². The first-order valence-corrected chi connectivity index (χ1v) is 11.2. The van der Waals surface area contributed by atoms with E-state index in [2.05, 4.69) is 5.32 Å². The Labute approximate surface area is 197 Å². The van der Waals surface area contributed by atoms with Crippen molar-refractivity contribution in [3.63, 3.8) is 0 Å². The van der Waals surface area contributed by atoms with E-state index in [9.17, 15) is 14.7 Å². The highest BCUT2D eigenvalue weighted by Gasteiger charge is 2.41. The standard InChI is InChI=1S/C26H26ClNO5/c1-4-33-22-13-16(7-10-20(22)29)24-23(26(31)32-3)14(2)28-19-11-17(12-21(30)25(19)24)15-5-8-18(27)9-6-15/h5-10,13,17,24,28-29H,4,11-12H2,1-3H3/t17-,24-/m0/s1. The number of benzene rings is 2. The van der Waals surface area contributed by atoms with Crippen molar-refractivity contribution in [2.45, 2.75) is 38.5 Å². The number of aromatic hydroxyl groups is 1. The lowest BCUT2D eigenvalue weighted by Gasteiger charge is -2.36. The van der Waals surface area contributed by atoms with Crippen LogP contribution in [-0.4, -0.2) is 30.6 Å². The molecule has 1 aliphatic carbocycles. The molecule has 7 heteroatoms. The molecule has 2 aromatic carbocycles. The van der Waals surface area contributed by atoms with Crippen molar-refractivity contribution in [2.75, 3.05) is 13.7 Å². The summed E-state index contributed by atoms with van der Waals surface area (Å²) in [5, 5.41) is 14.1. The van der Waals surface area contributed by atoms with Crippen LogP contribution in [0.5, 0.6) is 11.5 Å². The Bertz CT molecular complexity index is 1170. The summed E-state index contributed by atoms with van der Waals surface area (Å²) in [7, 11) is 1.32. The number of phenols is 1. The number of methoxy groups -OCH3 is 1. The zero-order valence-electron chi connectivity index (χ0n) is 18.8. The van der Waals surface area contributed by atoms with Crippen molar-refractivity contribution in [3.8, 4) is 11.5 Å². The third kappa shape index (κ3) is 4.35. The molecule has 172 valence electrons. The second-order valence-electron chi connectivity index (χ2n) is 8.22. The number of phenolic OH excluding ortho intramolecular Hbond substituents is 1. The number of esters is 1. The molecule has 0 radical (unpaired) electrons. The van der Waals surface area contributed by atoms with E-state index in [1.54, 1.807) is 12.1 Å². The average molecular weight is 468 g/mol. The van der Waals surface area contributed by atoms with Gasteiger partial charge in [-0.1, -0.05) is 29.8 Å². The lowest BCUT2D eigenvalue weighted by atomic mass is 9.71. The predicted octanol–water partition coefficient (Wildman–Crippen LogP) is 4.98. The molecule has 0 fully saturated rings. The summed E-state index contributed by atoms with van der Waals surface area (Å²) in [5.41, 5.74) is 4.10. The molecule has 0 amide bonds. The zero-order chi connectivity index (χ0) is 23.7. The fourth-order valence-electron chi connectivity index (χ4n) is 4.70. The second-order valence-corrected chi connectivity index (χ2v) is 8.66. The number of rotatable bonds is 5. The second kappa shape index (κ2) is 9.32. The highest BCUT2D eigenvalue weighted by Crippen LogP contribution is 2.46. The van der Waals surface area contributed by atoms with E-state index >= 15 is 0 Å². The van der Waals surface area contributed by atoms with Crippen LogP contribution in [0.1, 0.15) is 49.7 Å². The van der Waals surface area contributed by atoms with Gasteiger partial charge in [-0.3, -0.25) is 4.79 Å². The van der Waals surface area contributed by atoms with E-state index in [0.29, 0.717) is 52.6 Å². The summed E-state index contributed by atoms with van der Waals surface area (Å²) in [6, 6.07) is 12.5. The van der Waals surface area contributed by atoms with Gasteiger partial charge in [-0.2, -0.15) is 0 Å². The topological polar surface area (TPSA) is 84.9 Å². The largest absolute Gasteiger partial charge is 0.504 e. The number of allylic oxidation sites excluding steroid dienone is 3. The number of nitrogens with one attached hydrogen (secondary N) is 1. The Balaban J connectivity index is 1.81. The first-order valence-electron chi connectivity index (χ1n) is 10.9. The van der Waals surface area contributed by atoms with Crippen molar-refractivity contribution >= 4 is 23.4 Å². The fraction of sp³-hybridized carbons (Fsp3) is 0.308. The van der Waals surface area contributed by atoms with E-state index in [0.717, 1.165) is 11.3 Å². The molecule has 1 heterocycles. The summed E-state index contributed by atoms with van der Waals surface area (Å²) in [4.78, 5) is 26.3. The third-order valence-electron chi connectivity index (χ3n) is 6.19. The van der Waals surface area contributed by atoms with Crippen LogP contribution in [0.2, 0.25) is 5.02 Å².